The maximum absolute atomic E-state index is 5.48. The molecular formula is C12H16N4OS. The van der Waals surface area contributed by atoms with Crippen LogP contribution in [-0.2, 0) is 0 Å². The van der Waals surface area contributed by atoms with Gasteiger partial charge in [-0.15, -0.1) is 11.3 Å². The molecule has 2 rings (SSSR count). The highest BCUT2D eigenvalue weighted by Crippen LogP contribution is 2.26. The first-order valence-corrected chi connectivity index (χ1v) is 6.73. The molecule has 0 unspecified atom stereocenters. The summed E-state index contributed by atoms with van der Waals surface area (Å²) in [5.41, 5.74) is 1.03. The fourth-order valence-electron chi connectivity index (χ4n) is 1.46. The van der Waals surface area contributed by atoms with Gasteiger partial charge in [-0.3, -0.25) is 0 Å². The number of aryl methyl sites for hydroxylation is 1. The lowest BCUT2D eigenvalue weighted by Crippen LogP contribution is -2.06. The van der Waals surface area contributed by atoms with Crippen molar-refractivity contribution in [1.82, 2.24) is 15.0 Å². The Labute approximate surface area is 110 Å². The van der Waals surface area contributed by atoms with E-state index >= 15 is 0 Å². The predicted octanol–water partition coefficient (Wildman–Crippen LogP) is 2.74. The van der Waals surface area contributed by atoms with Crippen LogP contribution >= 0.6 is 11.3 Å². The minimum Gasteiger partial charge on any atom is -0.463 e. The van der Waals surface area contributed by atoms with Crippen molar-refractivity contribution in [3.05, 3.63) is 16.3 Å². The SMILES string of the molecule is CCCOc1nc(NC)nc(-c2ccsc2C)n1. The number of nitrogens with one attached hydrogen (secondary N) is 1. The number of nitrogens with zero attached hydrogens (tertiary/aromatic N) is 3. The van der Waals surface area contributed by atoms with Crippen LogP contribution in [0.25, 0.3) is 11.4 Å². The fourth-order valence-corrected chi connectivity index (χ4v) is 2.16. The predicted molar refractivity (Wildman–Crippen MR) is 73.2 cm³/mol. The Balaban J connectivity index is 2.38. The van der Waals surface area contributed by atoms with Crippen LogP contribution in [-0.4, -0.2) is 28.6 Å². The van der Waals surface area contributed by atoms with Crippen LogP contribution in [0.3, 0.4) is 0 Å². The van der Waals surface area contributed by atoms with E-state index in [1.165, 1.54) is 4.88 Å². The van der Waals surface area contributed by atoms with E-state index in [9.17, 15) is 0 Å². The molecule has 6 heteroatoms. The van der Waals surface area contributed by atoms with Crippen LogP contribution in [0, 0.1) is 6.92 Å². The first-order chi connectivity index (χ1) is 8.74. The minimum absolute atomic E-state index is 0.372. The van der Waals surface area contributed by atoms with E-state index in [0.717, 1.165) is 12.0 Å². The Kier molecular flexibility index (Phi) is 4.09. The smallest absolute Gasteiger partial charge is 0.321 e. The van der Waals surface area contributed by atoms with Gasteiger partial charge < -0.3 is 10.1 Å². The van der Waals surface area contributed by atoms with E-state index in [0.29, 0.717) is 24.4 Å². The lowest BCUT2D eigenvalue weighted by atomic mass is 10.2. The molecule has 0 saturated carbocycles. The molecule has 0 aliphatic carbocycles. The quantitative estimate of drug-likeness (QED) is 0.899. The standard InChI is InChI=1S/C12H16N4OS/c1-4-6-17-12-15-10(14-11(13-3)16-12)9-5-7-18-8(9)2/h5,7H,4,6H2,1-3H3,(H,13,14,15,16). The summed E-state index contributed by atoms with van der Waals surface area (Å²) in [5, 5.41) is 4.95. The van der Waals surface area contributed by atoms with Gasteiger partial charge in [0.25, 0.3) is 0 Å². The third-order valence-electron chi connectivity index (χ3n) is 2.37. The second kappa shape index (κ2) is 5.77. The van der Waals surface area contributed by atoms with Gasteiger partial charge in [0.1, 0.15) is 0 Å². The van der Waals surface area contributed by atoms with E-state index in [2.05, 4.69) is 27.2 Å². The Morgan fingerprint density at radius 3 is 2.78 bits per heavy atom. The monoisotopic (exact) mass is 264 g/mol. The van der Waals surface area contributed by atoms with Crippen LogP contribution in [0.15, 0.2) is 11.4 Å². The minimum atomic E-state index is 0.372. The molecule has 0 amide bonds. The molecule has 0 aliphatic heterocycles. The van der Waals surface area contributed by atoms with Crippen molar-refractivity contribution in [3.8, 4) is 17.4 Å². The van der Waals surface area contributed by atoms with Gasteiger partial charge in [-0.25, -0.2) is 0 Å². The topological polar surface area (TPSA) is 59.9 Å². The van der Waals surface area contributed by atoms with E-state index in [-0.39, 0.29) is 0 Å². The zero-order chi connectivity index (χ0) is 13.0. The van der Waals surface area contributed by atoms with Crippen molar-refractivity contribution in [2.45, 2.75) is 20.3 Å². The van der Waals surface area contributed by atoms with E-state index in [1.807, 2.05) is 18.4 Å². The van der Waals surface area contributed by atoms with Crippen molar-refractivity contribution in [1.29, 1.82) is 0 Å². The molecule has 96 valence electrons. The Morgan fingerprint density at radius 1 is 1.33 bits per heavy atom. The van der Waals surface area contributed by atoms with Crippen LogP contribution in [0.2, 0.25) is 0 Å². The molecule has 2 heterocycles. The molecule has 0 atom stereocenters. The zero-order valence-corrected chi connectivity index (χ0v) is 11.5. The molecule has 2 aromatic rings. The van der Waals surface area contributed by atoms with Crippen LogP contribution < -0.4 is 10.1 Å². The summed E-state index contributed by atoms with van der Waals surface area (Å²) in [7, 11) is 1.78. The normalized spacial score (nSPS) is 10.4. The van der Waals surface area contributed by atoms with Crippen molar-refractivity contribution < 1.29 is 4.74 Å². The third-order valence-corrected chi connectivity index (χ3v) is 3.22. The molecule has 18 heavy (non-hydrogen) atoms. The van der Waals surface area contributed by atoms with Gasteiger partial charge in [-0.2, -0.15) is 15.0 Å². The highest BCUT2D eigenvalue weighted by molar-refractivity contribution is 7.10. The van der Waals surface area contributed by atoms with Crippen LogP contribution in [0.5, 0.6) is 6.01 Å². The van der Waals surface area contributed by atoms with E-state index in [1.54, 1.807) is 18.4 Å². The van der Waals surface area contributed by atoms with Gasteiger partial charge in [0, 0.05) is 17.5 Å². The van der Waals surface area contributed by atoms with Crippen molar-refractivity contribution in [3.63, 3.8) is 0 Å². The summed E-state index contributed by atoms with van der Waals surface area (Å²) in [6.07, 6.45) is 0.924. The molecule has 0 bridgehead atoms. The van der Waals surface area contributed by atoms with Gasteiger partial charge in [-0.05, 0) is 24.8 Å². The van der Waals surface area contributed by atoms with Gasteiger partial charge in [-0.1, -0.05) is 6.92 Å². The molecule has 0 spiro atoms. The number of ether oxygens (including phenoxy) is 1. The largest absolute Gasteiger partial charge is 0.463 e. The molecular weight excluding hydrogens is 248 g/mol. The van der Waals surface area contributed by atoms with Gasteiger partial charge in [0.2, 0.25) is 5.95 Å². The highest BCUT2D eigenvalue weighted by Gasteiger charge is 2.11. The molecule has 0 aliphatic rings. The lowest BCUT2D eigenvalue weighted by molar-refractivity contribution is 0.292. The first-order valence-electron chi connectivity index (χ1n) is 5.85. The fraction of sp³-hybridized carbons (Fsp3) is 0.417. The molecule has 0 saturated heterocycles. The first kappa shape index (κ1) is 12.8. The van der Waals surface area contributed by atoms with Crippen LogP contribution in [0.4, 0.5) is 5.95 Å². The average Bonchev–Trinajstić information content (AvgIpc) is 2.82. The molecule has 5 nitrogen and oxygen atoms in total. The summed E-state index contributed by atoms with van der Waals surface area (Å²) in [6.45, 7) is 4.70. The van der Waals surface area contributed by atoms with Crippen molar-refractivity contribution in [2.75, 3.05) is 19.0 Å². The number of rotatable bonds is 5. The summed E-state index contributed by atoms with van der Waals surface area (Å²) in [6, 6.07) is 2.38. The van der Waals surface area contributed by atoms with E-state index < -0.39 is 0 Å². The van der Waals surface area contributed by atoms with Gasteiger partial charge >= 0.3 is 6.01 Å². The zero-order valence-electron chi connectivity index (χ0n) is 10.7. The molecule has 1 N–H and O–H groups in total. The molecule has 0 aromatic carbocycles. The summed E-state index contributed by atoms with van der Waals surface area (Å²) in [5.74, 6) is 1.18. The Morgan fingerprint density at radius 2 is 2.17 bits per heavy atom. The van der Waals surface area contributed by atoms with Crippen LogP contribution in [0.1, 0.15) is 18.2 Å². The van der Waals surface area contributed by atoms with Crippen molar-refractivity contribution >= 4 is 17.3 Å². The number of hydrogen-bond acceptors (Lipinski definition) is 6. The average molecular weight is 264 g/mol. The molecule has 0 fully saturated rings. The lowest BCUT2D eigenvalue weighted by Gasteiger charge is -2.07. The number of hydrogen-bond donors (Lipinski definition) is 1. The second-order valence-electron chi connectivity index (χ2n) is 3.75. The van der Waals surface area contributed by atoms with Crippen molar-refractivity contribution in [2.24, 2.45) is 0 Å². The highest BCUT2D eigenvalue weighted by atomic mass is 32.1. The molecule has 2 aromatic heterocycles. The third kappa shape index (κ3) is 2.76. The Bertz CT molecular complexity index is 527. The summed E-state index contributed by atoms with van der Waals surface area (Å²) >= 11 is 1.67. The number of aromatic nitrogens is 3. The molecule has 0 radical (unpaired) electrons. The second-order valence-corrected chi connectivity index (χ2v) is 4.87. The van der Waals surface area contributed by atoms with Gasteiger partial charge in [0.05, 0.1) is 6.61 Å². The maximum Gasteiger partial charge on any atom is 0.321 e. The summed E-state index contributed by atoms with van der Waals surface area (Å²) < 4.78 is 5.48. The van der Waals surface area contributed by atoms with E-state index in [4.69, 9.17) is 4.74 Å². The number of anilines is 1. The Hall–Kier alpha value is -1.69. The number of thiophene rings is 1. The maximum atomic E-state index is 5.48. The van der Waals surface area contributed by atoms with Gasteiger partial charge in [0.15, 0.2) is 5.82 Å². The summed E-state index contributed by atoms with van der Waals surface area (Å²) in [4.78, 5) is 14.1.